The first-order valence-electron chi connectivity index (χ1n) is 8.38. The topological polar surface area (TPSA) is 58.6 Å². The second kappa shape index (κ2) is 9.49. The molecule has 2 rings (SSSR count). The van der Waals surface area contributed by atoms with Crippen molar-refractivity contribution in [1.29, 1.82) is 0 Å². The largest absolute Gasteiger partial charge is 0.385 e. The van der Waals surface area contributed by atoms with Gasteiger partial charge in [0.15, 0.2) is 5.78 Å². The van der Waals surface area contributed by atoms with Gasteiger partial charge in [0.05, 0.1) is 6.54 Å². The number of hydrogen-bond acceptors (Lipinski definition) is 4. The van der Waals surface area contributed by atoms with Gasteiger partial charge in [0.25, 0.3) is 0 Å². The fraction of sp³-hybridized carbons (Fsp3) is 0.556. The Morgan fingerprint density at radius 1 is 1.33 bits per heavy atom. The number of nitrogens with zero attached hydrogens (tertiary/aromatic N) is 1. The van der Waals surface area contributed by atoms with Crippen LogP contribution in [0.2, 0.25) is 0 Å². The summed E-state index contributed by atoms with van der Waals surface area (Å²) in [5, 5.41) is 2.86. The number of piperidine rings is 1. The highest BCUT2D eigenvalue weighted by Crippen LogP contribution is 2.21. The minimum Gasteiger partial charge on any atom is -0.385 e. The predicted molar refractivity (Wildman–Crippen MR) is 89.4 cm³/mol. The lowest BCUT2D eigenvalue weighted by Crippen LogP contribution is -2.44. The first-order valence-corrected chi connectivity index (χ1v) is 8.38. The van der Waals surface area contributed by atoms with Crippen LogP contribution >= 0.6 is 0 Å². The van der Waals surface area contributed by atoms with E-state index in [9.17, 15) is 14.0 Å². The summed E-state index contributed by atoms with van der Waals surface area (Å²) in [4.78, 5) is 26.5. The van der Waals surface area contributed by atoms with Crippen LogP contribution in [0.1, 0.15) is 29.6 Å². The summed E-state index contributed by atoms with van der Waals surface area (Å²) in [7, 11) is 1.63. The van der Waals surface area contributed by atoms with Crippen LogP contribution in [0, 0.1) is 11.7 Å². The van der Waals surface area contributed by atoms with E-state index in [0.29, 0.717) is 31.8 Å². The lowest BCUT2D eigenvalue weighted by Gasteiger charge is -2.31. The number of hydrogen-bond donors (Lipinski definition) is 1. The van der Waals surface area contributed by atoms with Crippen molar-refractivity contribution < 1.29 is 18.7 Å². The molecule has 1 unspecified atom stereocenters. The Labute approximate surface area is 142 Å². The monoisotopic (exact) mass is 336 g/mol. The first kappa shape index (κ1) is 18.5. The van der Waals surface area contributed by atoms with Crippen molar-refractivity contribution in [2.24, 2.45) is 5.92 Å². The van der Waals surface area contributed by atoms with Crippen LogP contribution in [0.3, 0.4) is 0 Å². The number of methoxy groups -OCH3 is 1. The zero-order chi connectivity index (χ0) is 17.4. The molecule has 1 aromatic rings. The van der Waals surface area contributed by atoms with Gasteiger partial charge in [-0.3, -0.25) is 14.5 Å². The lowest BCUT2D eigenvalue weighted by atomic mass is 9.90. The first-order chi connectivity index (χ1) is 11.6. The maximum Gasteiger partial charge on any atom is 0.234 e. The molecular formula is C18H25FN2O3. The number of rotatable bonds is 8. The van der Waals surface area contributed by atoms with Gasteiger partial charge in [-0.25, -0.2) is 4.39 Å². The van der Waals surface area contributed by atoms with Crippen LogP contribution in [0.25, 0.3) is 0 Å². The second-order valence-corrected chi connectivity index (χ2v) is 6.14. The van der Waals surface area contributed by atoms with Gasteiger partial charge in [-0.2, -0.15) is 0 Å². The molecule has 1 saturated heterocycles. The van der Waals surface area contributed by atoms with Crippen LogP contribution in [-0.4, -0.2) is 56.5 Å². The fourth-order valence-corrected chi connectivity index (χ4v) is 2.97. The number of ketones is 1. The number of nitrogens with one attached hydrogen (secondary N) is 1. The van der Waals surface area contributed by atoms with Crippen molar-refractivity contribution in [3.63, 3.8) is 0 Å². The Kier molecular flexibility index (Phi) is 7.34. The number of ether oxygens (including phenoxy) is 1. The summed E-state index contributed by atoms with van der Waals surface area (Å²) in [5.74, 6) is -0.478. The number of carbonyl (C=O) groups excluding carboxylic acids is 2. The molecular weight excluding hydrogens is 311 g/mol. The number of amides is 1. The molecule has 1 heterocycles. The highest BCUT2D eigenvalue weighted by atomic mass is 19.1. The molecule has 6 heteroatoms. The van der Waals surface area contributed by atoms with Gasteiger partial charge in [0.1, 0.15) is 5.82 Å². The molecule has 1 atom stereocenters. The third kappa shape index (κ3) is 5.69. The average molecular weight is 336 g/mol. The number of likely N-dealkylation sites (tertiary alicyclic amines) is 1. The highest BCUT2D eigenvalue weighted by molar-refractivity contribution is 5.98. The van der Waals surface area contributed by atoms with Crippen molar-refractivity contribution in [2.75, 3.05) is 39.9 Å². The van der Waals surface area contributed by atoms with Gasteiger partial charge < -0.3 is 10.1 Å². The molecule has 132 valence electrons. The summed E-state index contributed by atoms with van der Waals surface area (Å²) < 4.78 is 17.9. The van der Waals surface area contributed by atoms with E-state index >= 15 is 0 Å². The van der Waals surface area contributed by atoms with Crippen molar-refractivity contribution >= 4 is 11.7 Å². The summed E-state index contributed by atoms with van der Waals surface area (Å²) in [6, 6.07) is 5.67. The Hall–Kier alpha value is -1.79. The van der Waals surface area contributed by atoms with Crippen molar-refractivity contribution in [3.8, 4) is 0 Å². The van der Waals surface area contributed by atoms with E-state index in [0.717, 1.165) is 25.8 Å². The van der Waals surface area contributed by atoms with E-state index in [1.807, 2.05) is 4.90 Å². The summed E-state index contributed by atoms with van der Waals surface area (Å²) in [6.45, 7) is 2.91. The molecule has 1 aromatic carbocycles. The molecule has 0 saturated carbocycles. The smallest absolute Gasteiger partial charge is 0.234 e. The Morgan fingerprint density at radius 2 is 2.08 bits per heavy atom. The zero-order valence-corrected chi connectivity index (χ0v) is 14.1. The molecule has 0 aliphatic carbocycles. The molecule has 24 heavy (non-hydrogen) atoms. The van der Waals surface area contributed by atoms with Gasteiger partial charge in [-0.1, -0.05) is 0 Å². The molecule has 5 nitrogen and oxygen atoms in total. The molecule has 0 spiro atoms. The van der Waals surface area contributed by atoms with Crippen LogP contribution in [0.4, 0.5) is 4.39 Å². The summed E-state index contributed by atoms with van der Waals surface area (Å²) in [6.07, 6.45) is 2.48. The molecule has 0 radical (unpaired) electrons. The Morgan fingerprint density at radius 3 is 2.79 bits per heavy atom. The molecule has 1 aliphatic rings. The van der Waals surface area contributed by atoms with Gasteiger partial charge in [0, 0.05) is 38.3 Å². The van der Waals surface area contributed by atoms with Crippen molar-refractivity contribution in [1.82, 2.24) is 10.2 Å². The van der Waals surface area contributed by atoms with Gasteiger partial charge in [-0.15, -0.1) is 0 Å². The molecule has 1 fully saturated rings. The Bertz CT molecular complexity index is 548. The zero-order valence-electron chi connectivity index (χ0n) is 14.1. The average Bonchev–Trinajstić information content (AvgIpc) is 2.59. The maximum atomic E-state index is 13.0. The van der Waals surface area contributed by atoms with Gasteiger partial charge >= 0.3 is 0 Å². The Balaban J connectivity index is 1.81. The third-order valence-corrected chi connectivity index (χ3v) is 4.22. The van der Waals surface area contributed by atoms with Crippen molar-refractivity contribution in [3.05, 3.63) is 35.6 Å². The van der Waals surface area contributed by atoms with E-state index < -0.39 is 0 Å². The SMILES string of the molecule is COCCCNC(=O)CN1CCCC(C(=O)c2ccc(F)cc2)C1. The van der Waals surface area contributed by atoms with E-state index in [4.69, 9.17) is 4.74 Å². The van der Waals surface area contributed by atoms with Gasteiger partial charge in [-0.05, 0) is 50.1 Å². The number of Topliss-reactive ketones (excluding diaryl/α,β-unsaturated/α-hetero) is 1. The quantitative estimate of drug-likeness (QED) is 0.582. The van der Waals surface area contributed by atoms with Crippen LogP contribution in [0.15, 0.2) is 24.3 Å². The van der Waals surface area contributed by atoms with E-state index in [2.05, 4.69) is 5.32 Å². The third-order valence-electron chi connectivity index (χ3n) is 4.22. The summed E-state index contributed by atoms with van der Waals surface area (Å²) >= 11 is 0. The minimum absolute atomic E-state index is 0.0269. The normalized spacial score (nSPS) is 18.3. The minimum atomic E-state index is -0.345. The van der Waals surface area contributed by atoms with Crippen LogP contribution < -0.4 is 5.32 Å². The van der Waals surface area contributed by atoms with E-state index in [1.54, 1.807) is 7.11 Å². The van der Waals surface area contributed by atoms with E-state index in [-0.39, 0.29) is 23.4 Å². The lowest BCUT2D eigenvalue weighted by molar-refractivity contribution is -0.122. The number of carbonyl (C=O) groups is 2. The molecule has 1 aliphatic heterocycles. The van der Waals surface area contributed by atoms with Gasteiger partial charge in [0.2, 0.25) is 5.91 Å². The number of halogens is 1. The predicted octanol–water partition coefficient (Wildman–Crippen LogP) is 1.87. The second-order valence-electron chi connectivity index (χ2n) is 6.14. The highest BCUT2D eigenvalue weighted by Gasteiger charge is 2.27. The van der Waals surface area contributed by atoms with Crippen molar-refractivity contribution in [2.45, 2.75) is 19.3 Å². The van der Waals surface area contributed by atoms with Crippen LogP contribution in [0.5, 0.6) is 0 Å². The fourth-order valence-electron chi connectivity index (χ4n) is 2.97. The molecule has 0 bridgehead atoms. The molecule has 0 aromatic heterocycles. The number of benzene rings is 1. The standard InChI is InChI=1S/C18H25FN2O3/c1-24-11-3-9-20-17(22)13-21-10-2-4-15(12-21)18(23)14-5-7-16(19)8-6-14/h5-8,15H,2-4,9-13H2,1H3,(H,20,22). The van der Waals surface area contributed by atoms with E-state index in [1.165, 1.54) is 24.3 Å². The van der Waals surface area contributed by atoms with Crippen LogP contribution in [-0.2, 0) is 9.53 Å². The summed E-state index contributed by atoms with van der Waals surface area (Å²) in [5.41, 5.74) is 0.535. The molecule has 1 N–H and O–H groups in total. The maximum absolute atomic E-state index is 13.0. The molecule has 1 amide bonds.